The van der Waals surface area contributed by atoms with Crippen LogP contribution in [-0.4, -0.2) is 31.7 Å². The maximum absolute atomic E-state index is 12.4. The Morgan fingerprint density at radius 2 is 2.14 bits per heavy atom. The minimum absolute atomic E-state index is 0.0179. The van der Waals surface area contributed by atoms with E-state index in [-0.39, 0.29) is 11.9 Å². The minimum atomic E-state index is -0.0179. The molecule has 1 aliphatic rings. The van der Waals surface area contributed by atoms with E-state index in [0.29, 0.717) is 5.92 Å². The van der Waals surface area contributed by atoms with Gasteiger partial charge in [0.2, 0.25) is 0 Å². The number of hydrogen-bond acceptors (Lipinski definition) is 5. The number of aromatic nitrogens is 4. The lowest BCUT2D eigenvalue weighted by Gasteiger charge is -2.25. The number of fused-ring (bicyclic) bond motifs is 1. The zero-order valence-corrected chi connectivity index (χ0v) is 14.2. The molecule has 7 heteroatoms. The van der Waals surface area contributed by atoms with E-state index in [1.165, 1.54) is 11.3 Å². The van der Waals surface area contributed by atoms with Crippen LogP contribution in [0.3, 0.4) is 0 Å². The van der Waals surface area contributed by atoms with Crippen LogP contribution in [0.2, 0.25) is 0 Å². The van der Waals surface area contributed by atoms with E-state index in [4.69, 9.17) is 0 Å². The van der Waals surface area contributed by atoms with E-state index in [1.807, 2.05) is 13.8 Å². The molecule has 0 saturated heterocycles. The van der Waals surface area contributed by atoms with Crippen LogP contribution in [0.25, 0.3) is 0 Å². The van der Waals surface area contributed by atoms with Gasteiger partial charge in [-0.1, -0.05) is 13.8 Å². The Hall–Kier alpha value is -1.76. The fourth-order valence-electron chi connectivity index (χ4n) is 2.89. The first-order valence-corrected chi connectivity index (χ1v) is 8.44. The second kappa shape index (κ2) is 5.79. The topological polar surface area (TPSA) is 72.7 Å². The maximum atomic E-state index is 12.4. The largest absolute Gasteiger partial charge is 0.347 e. The number of carbonyl (C=O) groups excluding carboxylic acids is 1. The molecule has 0 fully saturated rings. The maximum Gasteiger partial charge on any atom is 0.263 e. The number of hydrogen-bond donors (Lipinski definition) is 1. The molecule has 6 nitrogen and oxygen atoms in total. The van der Waals surface area contributed by atoms with Crippen molar-refractivity contribution in [3.63, 3.8) is 0 Å². The molecule has 3 rings (SSSR count). The summed E-state index contributed by atoms with van der Waals surface area (Å²) in [5.74, 6) is 2.34. The highest BCUT2D eigenvalue weighted by Gasteiger charge is 2.26. The van der Waals surface area contributed by atoms with Crippen LogP contribution in [0, 0.1) is 13.8 Å². The SMILES string of the molecule is Cc1nc(C)c(C(=O)N[C@@H]2CCc3nnc(C(C)C)n3C2)s1. The first-order chi connectivity index (χ1) is 10.5. The first-order valence-electron chi connectivity index (χ1n) is 7.62. The first kappa shape index (κ1) is 15.1. The van der Waals surface area contributed by atoms with Crippen LogP contribution >= 0.6 is 11.3 Å². The third kappa shape index (κ3) is 2.77. The lowest BCUT2D eigenvalue weighted by Crippen LogP contribution is -2.41. The second-order valence-corrected chi connectivity index (χ2v) is 7.30. The van der Waals surface area contributed by atoms with Crippen LogP contribution in [-0.2, 0) is 13.0 Å². The number of rotatable bonds is 3. The number of aryl methyl sites for hydroxylation is 3. The molecule has 1 N–H and O–H groups in total. The van der Waals surface area contributed by atoms with E-state index in [2.05, 4.69) is 38.9 Å². The van der Waals surface area contributed by atoms with Gasteiger partial charge in [-0.2, -0.15) is 0 Å². The van der Waals surface area contributed by atoms with Crippen LogP contribution in [0.4, 0.5) is 0 Å². The molecule has 0 bridgehead atoms. The third-order valence-electron chi connectivity index (χ3n) is 3.94. The van der Waals surface area contributed by atoms with Crippen molar-refractivity contribution >= 4 is 17.2 Å². The lowest BCUT2D eigenvalue weighted by molar-refractivity contribution is 0.0930. The van der Waals surface area contributed by atoms with Crippen LogP contribution in [0.5, 0.6) is 0 Å². The fourth-order valence-corrected chi connectivity index (χ4v) is 3.71. The summed E-state index contributed by atoms with van der Waals surface area (Å²) in [5, 5.41) is 12.6. The van der Waals surface area contributed by atoms with E-state index < -0.39 is 0 Å². The van der Waals surface area contributed by atoms with E-state index >= 15 is 0 Å². The molecule has 0 aliphatic carbocycles. The van der Waals surface area contributed by atoms with Crippen molar-refractivity contribution in [3.8, 4) is 0 Å². The van der Waals surface area contributed by atoms with Gasteiger partial charge in [-0.25, -0.2) is 4.98 Å². The number of thiazole rings is 1. The molecule has 0 unspecified atom stereocenters. The third-order valence-corrected chi connectivity index (χ3v) is 5.01. The van der Waals surface area contributed by atoms with Crippen LogP contribution in [0.15, 0.2) is 0 Å². The Bertz CT molecular complexity index is 703. The highest BCUT2D eigenvalue weighted by atomic mass is 32.1. The van der Waals surface area contributed by atoms with E-state index in [9.17, 15) is 4.79 Å². The summed E-state index contributed by atoms with van der Waals surface area (Å²) >= 11 is 1.45. The van der Waals surface area contributed by atoms with Gasteiger partial charge in [-0.15, -0.1) is 21.5 Å². The number of nitrogens with one attached hydrogen (secondary N) is 1. The smallest absolute Gasteiger partial charge is 0.263 e. The Kier molecular flexibility index (Phi) is 3.99. The molecule has 1 aliphatic heterocycles. The monoisotopic (exact) mass is 319 g/mol. The minimum Gasteiger partial charge on any atom is -0.347 e. The second-order valence-electron chi connectivity index (χ2n) is 6.10. The molecule has 0 spiro atoms. The van der Waals surface area contributed by atoms with Gasteiger partial charge < -0.3 is 9.88 Å². The molecule has 22 heavy (non-hydrogen) atoms. The normalized spacial score (nSPS) is 17.6. The fraction of sp³-hybridized carbons (Fsp3) is 0.600. The molecule has 118 valence electrons. The van der Waals surface area contributed by atoms with Gasteiger partial charge in [0, 0.05) is 24.9 Å². The molecule has 1 atom stereocenters. The molecule has 0 aromatic carbocycles. The van der Waals surface area contributed by atoms with Gasteiger partial charge in [-0.05, 0) is 20.3 Å². The van der Waals surface area contributed by atoms with Crippen molar-refractivity contribution in [2.24, 2.45) is 0 Å². The van der Waals surface area contributed by atoms with Gasteiger partial charge in [0.15, 0.2) is 0 Å². The molecule has 2 aromatic rings. The molecular weight excluding hydrogens is 298 g/mol. The summed E-state index contributed by atoms with van der Waals surface area (Å²) in [5.41, 5.74) is 0.809. The van der Waals surface area contributed by atoms with Gasteiger partial charge in [0.05, 0.1) is 10.7 Å². The zero-order chi connectivity index (χ0) is 15.9. The van der Waals surface area contributed by atoms with Gasteiger partial charge in [0.1, 0.15) is 16.5 Å². The van der Waals surface area contributed by atoms with Gasteiger partial charge in [-0.3, -0.25) is 4.79 Å². The van der Waals surface area contributed by atoms with Gasteiger partial charge in [0.25, 0.3) is 5.91 Å². The Morgan fingerprint density at radius 1 is 1.36 bits per heavy atom. The molecule has 0 radical (unpaired) electrons. The highest BCUT2D eigenvalue weighted by Crippen LogP contribution is 2.21. The molecule has 2 aromatic heterocycles. The lowest BCUT2D eigenvalue weighted by atomic mass is 10.1. The zero-order valence-electron chi connectivity index (χ0n) is 13.4. The summed E-state index contributed by atoms with van der Waals surface area (Å²) in [6.45, 7) is 8.78. The molecule has 3 heterocycles. The molecule has 1 amide bonds. The van der Waals surface area contributed by atoms with Crippen molar-refractivity contribution in [1.82, 2.24) is 25.1 Å². The predicted molar refractivity (Wildman–Crippen MR) is 85.3 cm³/mol. The van der Waals surface area contributed by atoms with E-state index in [0.717, 1.165) is 46.6 Å². The van der Waals surface area contributed by atoms with E-state index in [1.54, 1.807) is 0 Å². The van der Waals surface area contributed by atoms with Crippen molar-refractivity contribution in [2.45, 2.75) is 59.0 Å². The summed E-state index contributed by atoms with van der Waals surface area (Å²) < 4.78 is 2.16. The van der Waals surface area contributed by atoms with Crippen molar-refractivity contribution in [3.05, 3.63) is 27.2 Å². The van der Waals surface area contributed by atoms with Gasteiger partial charge >= 0.3 is 0 Å². The predicted octanol–water partition coefficient (Wildman–Crippen LogP) is 2.22. The number of nitrogens with zero attached hydrogens (tertiary/aromatic N) is 4. The van der Waals surface area contributed by atoms with Crippen molar-refractivity contribution in [1.29, 1.82) is 0 Å². The Labute approximate surface area is 134 Å². The molecular formula is C15H21N5OS. The summed E-state index contributed by atoms with van der Waals surface area (Å²) in [4.78, 5) is 17.5. The average Bonchev–Trinajstić information content (AvgIpc) is 3.01. The molecule has 0 saturated carbocycles. The standard InChI is InChI=1S/C15H21N5OS/c1-8(2)14-19-18-12-6-5-11(7-20(12)14)17-15(21)13-9(3)16-10(4)22-13/h8,11H,5-7H2,1-4H3,(H,17,21)/t11-/m1/s1. The quantitative estimate of drug-likeness (QED) is 0.941. The summed E-state index contributed by atoms with van der Waals surface area (Å²) in [6, 6.07) is 0.121. The Morgan fingerprint density at radius 3 is 2.77 bits per heavy atom. The highest BCUT2D eigenvalue weighted by molar-refractivity contribution is 7.13. The van der Waals surface area contributed by atoms with Crippen molar-refractivity contribution < 1.29 is 4.79 Å². The van der Waals surface area contributed by atoms with Crippen molar-refractivity contribution in [2.75, 3.05) is 0 Å². The summed E-state index contributed by atoms with van der Waals surface area (Å²) in [6.07, 6.45) is 1.75. The van der Waals surface area contributed by atoms with Crippen LogP contribution < -0.4 is 5.32 Å². The summed E-state index contributed by atoms with van der Waals surface area (Å²) in [7, 11) is 0. The average molecular weight is 319 g/mol. The number of carbonyl (C=O) groups is 1. The van der Waals surface area contributed by atoms with Crippen LogP contribution in [0.1, 0.15) is 58.2 Å². The Balaban J connectivity index is 1.73. The number of amides is 1.